The Bertz CT molecular complexity index is 456. The lowest BCUT2D eigenvalue weighted by molar-refractivity contribution is 0.0620. The average Bonchev–Trinajstić information content (AvgIpc) is 2.53. The number of amides is 1. The number of nitrogen functional groups attached to an aromatic ring is 1. The predicted octanol–water partition coefficient (Wildman–Crippen LogP) is 0.774. The third kappa shape index (κ3) is 3.26. The summed E-state index contributed by atoms with van der Waals surface area (Å²) in [5.74, 6) is 6.07. The standard InChI is InChI=1S/C14H22N4O2/c1-2-12-6-11(7-13(16-12)17-15)14(20)18-5-3-4-10(8-18)9-19/h6-7,10,19H,2-5,8-9,15H2,1H3,(H,16,17). The minimum atomic E-state index is -0.0169. The number of rotatable bonds is 4. The number of carbonyl (C=O) groups is 1. The lowest BCUT2D eigenvalue weighted by Gasteiger charge is -2.32. The van der Waals surface area contributed by atoms with Crippen molar-refractivity contribution >= 4 is 11.7 Å². The molecule has 2 heterocycles. The number of aromatic nitrogens is 1. The van der Waals surface area contributed by atoms with Gasteiger partial charge in [0.1, 0.15) is 5.82 Å². The van der Waals surface area contributed by atoms with Crippen LogP contribution in [0.4, 0.5) is 5.82 Å². The van der Waals surface area contributed by atoms with Gasteiger partial charge in [0.25, 0.3) is 5.91 Å². The van der Waals surface area contributed by atoms with E-state index < -0.39 is 0 Å². The summed E-state index contributed by atoms with van der Waals surface area (Å²) in [7, 11) is 0. The molecule has 2 rings (SSSR count). The topological polar surface area (TPSA) is 91.5 Å². The van der Waals surface area contributed by atoms with Crippen LogP contribution in [0.25, 0.3) is 0 Å². The van der Waals surface area contributed by atoms with Crippen LogP contribution in [0.5, 0.6) is 0 Å². The number of anilines is 1. The molecule has 1 saturated heterocycles. The van der Waals surface area contributed by atoms with E-state index in [1.807, 2.05) is 13.0 Å². The maximum absolute atomic E-state index is 12.5. The molecule has 110 valence electrons. The van der Waals surface area contributed by atoms with Crippen molar-refractivity contribution in [3.05, 3.63) is 23.4 Å². The molecule has 6 nitrogen and oxygen atoms in total. The smallest absolute Gasteiger partial charge is 0.254 e. The van der Waals surface area contributed by atoms with E-state index in [2.05, 4.69) is 10.4 Å². The number of aryl methyl sites for hydroxylation is 1. The quantitative estimate of drug-likeness (QED) is 0.559. The molecule has 1 aromatic heterocycles. The summed E-state index contributed by atoms with van der Waals surface area (Å²) in [5, 5.41) is 9.25. The Morgan fingerprint density at radius 1 is 1.60 bits per heavy atom. The Kier molecular flexibility index (Phi) is 4.92. The lowest BCUT2D eigenvalue weighted by Crippen LogP contribution is -2.41. The SMILES string of the molecule is CCc1cc(C(=O)N2CCCC(CO)C2)cc(NN)n1. The van der Waals surface area contributed by atoms with Gasteiger partial charge in [0.2, 0.25) is 0 Å². The highest BCUT2D eigenvalue weighted by molar-refractivity contribution is 5.95. The van der Waals surface area contributed by atoms with Crippen LogP contribution in [-0.4, -0.2) is 40.6 Å². The fourth-order valence-electron chi connectivity index (χ4n) is 2.55. The Balaban J connectivity index is 2.19. The van der Waals surface area contributed by atoms with E-state index in [9.17, 15) is 9.90 Å². The molecule has 4 N–H and O–H groups in total. The molecule has 1 atom stereocenters. The van der Waals surface area contributed by atoms with E-state index >= 15 is 0 Å². The van der Waals surface area contributed by atoms with E-state index in [-0.39, 0.29) is 18.4 Å². The molecule has 0 aromatic carbocycles. The molecule has 0 bridgehead atoms. The van der Waals surface area contributed by atoms with Crippen LogP contribution in [-0.2, 0) is 6.42 Å². The van der Waals surface area contributed by atoms with E-state index in [0.29, 0.717) is 17.9 Å². The number of aliphatic hydroxyl groups excluding tert-OH is 1. The number of piperidine rings is 1. The van der Waals surface area contributed by atoms with Crippen LogP contribution in [0.1, 0.15) is 35.8 Å². The van der Waals surface area contributed by atoms with Crippen molar-refractivity contribution in [2.45, 2.75) is 26.2 Å². The van der Waals surface area contributed by atoms with Gasteiger partial charge in [-0.25, -0.2) is 10.8 Å². The first-order valence-corrected chi connectivity index (χ1v) is 7.05. The van der Waals surface area contributed by atoms with Gasteiger partial charge in [0.05, 0.1) is 0 Å². The van der Waals surface area contributed by atoms with Gasteiger partial charge in [-0.3, -0.25) is 4.79 Å². The van der Waals surface area contributed by atoms with Crippen molar-refractivity contribution in [1.82, 2.24) is 9.88 Å². The Morgan fingerprint density at radius 3 is 3.05 bits per heavy atom. The number of hydrazine groups is 1. The molecule has 1 aromatic rings. The maximum Gasteiger partial charge on any atom is 0.254 e. The van der Waals surface area contributed by atoms with Gasteiger partial charge < -0.3 is 15.4 Å². The first kappa shape index (κ1) is 14.7. The molecule has 0 aliphatic carbocycles. The molecule has 20 heavy (non-hydrogen) atoms. The van der Waals surface area contributed by atoms with Crippen LogP contribution in [0.15, 0.2) is 12.1 Å². The highest BCUT2D eigenvalue weighted by atomic mass is 16.3. The van der Waals surface area contributed by atoms with Gasteiger partial charge in [-0.2, -0.15) is 0 Å². The minimum Gasteiger partial charge on any atom is -0.396 e. The van der Waals surface area contributed by atoms with Gasteiger partial charge in [-0.15, -0.1) is 0 Å². The van der Waals surface area contributed by atoms with E-state index in [0.717, 1.165) is 31.5 Å². The van der Waals surface area contributed by atoms with Crippen LogP contribution in [0.2, 0.25) is 0 Å². The van der Waals surface area contributed by atoms with Gasteiger partial charge in [-0.1, -0.05) is 6.92 Å². The summed E-state index contributed by atoms with van der Waals surface area (Å²) in [6.07, 6.45) is 2.66. The van der Waals surface area contributed by atoms with Gasteiger partial charge in [-0.05, 0) is 37.3 Å². The molecule has 6 heteroatoms. The second kappa shape index (κ2) is 6.67. The van der Waals surface area contributed by atoms with Crippen molar-refractivity contribution in [3.8, 4) is 0 Å². The first-order chi connectivity index (χ1) is 9.67. The van der Waals surface area contributed by atoms with Gasteiger partial charge in [0, 0.05) is 31.0 Å². The van der Waals surface area contributed by atoms with E-state index in [1.54, 1.807) is 11.0 Å². The molecule has 1 aliphatic heterocycles. The van der Waals surface area contributed by atoms with Crippen LogP contribution in [0, 0.1) is 5.92 Å². The number of nitrogens with zero attached hydrogens (tertiary/aromatic N) is 2. The number of hydrogen-bond donors (Lipinski definition) is 3. The minimum absolute atomic E-state index is 0.0169. The highest BCUT2D eigenvalue weighted by Crippen LogP contribution is 2.19. The fourth-order valence-corrected chi connectivity index (χ4v) is 2.55. The number of nitrogens with two attached hydrogens (primary N) is 1. The fraction of sp³-hybridized carbons (Fsp3) is 0.571. The maximum atomic E-state index is 12.5. The Morgan fingerprint density at radius 2 is 2.40 bits per heavy atom. The summed E-state index contributed by atoms with van der Waals surface area (Å²) in [6.45, 7) is 3.48. The molecule has 0 spiro atoms. The van der Waals surface area contributed by atoms with Crippen molar-refractivity contribution < 1.29 is 9.90 Å². The number of pyridine rings is 1. The van der Waals surface area contributed by atoms with Crippen LogP contribution >= 0.6 is 0 Å². The summed E-state index contributed by atoms with van der Waals surface area (Å²) < 4.78 is 0. The monoisotopic (exact) mass is 278 g/mol. The second-order valence-corrected chi connectivity index (χ2v) is 5.17. The summed E-state index contributed by atoms with van der Waals surface area (Å²) in [6, 6.07) is 3.48. The van der Waals surface area contributed by atoms with Crippen LogP contribution in [0.3, 0.4) is 0 Å². The van der Waals surface area contributed by atoms with Crippen molar-refractivity contribution in [1.29, 1.82) is 0 Å². The Hall–Kier alpha value is -1.66. The molecule has 0 radical (unpaired) electrons. The van der Waals surface area contributed by atoms with Crippen LogP contribution < -0.4 is 11.3 Å². The molecule has 1 unspecified atom stereocenters. The number of aliphatic hydroxyl groups is 1. The molecule has 1 aliphatic rings. The number of hydrogen-bond acceptors (Lipinski definition) is 5. The average molecular weight is 278 g/mol. The molecular formula is C14H22N4O2. The molecule has 0 saturated carbocycles. The number of likely N-dealkylation sites (tertiary alicyclic amines) is 1. The highest BCUT2D eigenvalue weighted by Gasteiger charge is 2.24. The van der Waals surface area contributed by atoms with E-state index in [4.69, 9.17) is 5.84 Å². The largest absolute Gasteiger partial charge is 0.396 e. The third-order valence-corrected chi connectivity index (χ3v) is 3.70. The van der Waals surface area contributed by atoms with Crippen molar-refractivity contribution in [3.63, 3.8) is 0 Å². The molecule has 1 fully saturated rings. The van der Waals surface area contributed by atoms with Crippen molar-refractivity contribution in [2.24, 2.45) is 11.8 Å². The second-order valence-electron chi connectivity index (χ2n) is 5.17. The zero-order chi connectivity index (χ0) is 14.5. The number of carbonyl (C=O) groups excluding carboxylic acids is 1. The predicted molar refractivity (Wildman–Crippen MR) is 77.1 cm³/mol. The Labute approximate surface area is 119 Å². The van der Waals surface area contributed by atoms with Crippen molar-refractivity contribution in [2.75, 3.05) is 25.1 Å². The molecular weight excluding hydrogens is 256 g/mol. The normalized spacial score (nSPS) is 18.9. The zero-order valence-corrected chi connectivity index (χ0v) is 11.8. The van der Waals surface area contributed by atoms with Gasteiger partial charge >= 0.3 is 0 Å². The summed E-state index contributed by atoms with van der Waals surface area (Å²) in [4.78, 5) is 18.6. The zero-order valence-electron chi connectivity index (χ0n) is 11.8. The summed E-state index contributed by atoms with van der Waals surface area (Å²) in [5.41, 5.74) is 3.93. The van der Waals surface area contributed by atoms with Gasteiger partial charge in [0.15, 0.2) is 0 Å². The summed E-state index contributed by atoms with van der Waals surface area (Å²) >= 11 is 0. The third-order valence-electron chi connectivity index (χ3n) is 3.70. The number of nitrogens with one attached hydrogen (secondary N) is 1. The lowest BCUT2D eigenvalue weighted by atomic mass is 9.98. The molecule has 1 amide bonds. The van der Waals surface area contributed by atoms with E-state index in [1.165, 1.54) is 0 Å². The first-order valence-electron chi connectivity index (χ1n) is 7.05.